The molecule has 0 aliphatic heterocycles. The molecule has 0 saturated heterocycles. The van der Waals surface area contributed by atoms with E-state index in [2.05, 4.69) is 10.6 Å². The van der Waals surface area contributed by atoms with Gasteiger partial charge in [0.1, 0.15) is 5.75 Å². The third kappa shape index (κ3) is 5.27. The van der Waals surface area contributed by atoms with E-state index in [1.54, 1.807) is 29.5 Å². The van der Waals surface area contributed by atoms with Crippen LogP contribution in [0.5, 0.6) is 5.75 Å². The molecule has 2 aromatic carbocycles. The van der Waals surface area contributed by atoms with E-state index in [0.29, 0.717) is 28.6 Å². The summed E-state index contributed by atoms with van der Waals surface area (Å²) < 4.78 is 6.57. The molecule has 0 aliphatic rings. The summed E-state index contributed by atoms with van der Waals surface area (Å²) in [5, 5.41) is 15.6. The first-order valence-electron chi connectivity index (χ1n) is 10.4. The highest BCUT2D eigenvalue weighted by atomic mass is 32.1. The molecule has 0 aliphatic carbocycles. The van der Waals surface area contributed by atoms with E-state index in [1.165, 1.54) is 6.21 Å². The summed E-state index contributed by atoms with van der Waals surface area (Å²) >= 11 is 1.54. The van der Waals surface area contributed by atoms with Gasteiger partial charge in [0.05, 0.1) is 10.2 Å². The van der Waals surface area contributed by atoms with Gasteiger partial charge >= 0.3 is 0 Å². The van der Waals surface area contributed by atoms with E-state index in [-0.39, 0.29) is 18.6 Å². The Hall–Kier alpha value is -3.98. The number of amides is 1. The number of rotatable bonds is 8. The normalized spacial score (nSPS) is 10.9. The van der Waals surface area contributed by atoms with Gasteiger partial charge in [0.25, 0.3) is 5.91 Å². The molecule has 5 N–H and O–H groups in total. The number of fused-ring (bicyclic) bond motifs is 1. The Morgan fingerprint density at radius 1 is 1.21 bits per heavy atom. The number of carbonyl (C=O) groups is 1. The monoisotopic (exact) mass is 460 g/mol. The zero-order valence-corrected chi connectivity index (χ0v) is 19.1. The lowest BCUT2D eigenvalue weighted by Gasteiger charge is -2.12. The lowest BCUT2D eigenvalue weighted by Crippen LogP contribution is -2.34. The van der Waals surface area contributed by atoms with Crippen molar-refractivity contribution in [3.05, 3.63) is 59.5 Å². The lowest BCUT2D eigenvalue weighted by atomic mass is 10.1. The first-order valence-corrected chi connectivity index (χ1v) is 11.3. The predicted octanol–water partition coefficient (Wildman–Crippen LogP) is 4.59. The summed E-state index contributed by atoms with van der Waals surface area (Å²) in [4.78, 5) is 21.4. The van der Waals surface area contributed by atoms with Crippen LogP contribution in [0.2, 0.25) is 0 Å². The minimum absolute atomic E-state index is 0.0558. The molecular formula is C24H24N6O2S. The Labute approximate surface area is 195 Å². The van der Waals surface area contributed by atoms with Crippen LogP contribution < -0.4 is 21.1 Å². The van der Waals surface area contributed by atoms with Crippen molar-refractivity contribution in [2.75, 3.05) is 17.7 Å². The van der Waals surface area contributed by atoms with Crippen LogP contribution in [0.3, 0.4) is 0 Å². The second-order valence-electron chi connectivity index (χ2n) is 7.68. The molecular weight excluding hydrogens is 436 g/mol. The Balaban J connectivity index is 1.63. The zero-order chi connectivity index (χ0) is 23.4. The first kappa shape index (κ1) is 22.2. The van der Waals surface area contributed by atoms with Crippen molar-refractivity contribution in [3.63, 3.8) is 0 Å². The van der Waals surface area contributed by atoms with Crippen LogP contribution in [0.25, 0.3) is 21.6 Å². The van der Waals surface area contributed by atoms with Crippen molar-refractivity contribution < 1.29 is 9.53 Å². The molecule has 2 heterocycles. The van der Waals surface area contributed by atoms with Gasteiger partial charge in [-0.2, -0.15) is 0 Å². The molecule has 4 aromatic rings. The largest absolute Gasteiger partial charge is 0.484 e. The molecule has 9 heteroatoms. The second kappa shape index (κ2) is 9.66. The van der Waals surface area contributed by atoms with Crippen LogP contribution in [0.15, 0.2) is 53.9 Å². The van der Waals surface area contributed by atoms with E-state index in [1.807, 2.05) is 49.6 Å². The zero-order valence-electron chi connectivity index (χ0n) is 18.3. The molecule has 33 heavy (non-hydrogen) atoms. The lowest BCUT2D eigenvalue weighted by molar-refractivity contribution is -0.123. The van der Waals surface area contributed by atoms with Gasteiger partial charge in [-0.05, 0) is 55.6 Å². The number of hydrogen-bond donors (Lipinski definition) is 4. The number of hydrogen-bond acceptors (Lipinski definition) is 8. The molecule has 2 aromatic heterocycles. The fraction of sp³-hybridized carbons (Fsp3) is 0.167. The molecule has 0 spiro atoms. The van der Waals surface area contributed by atoms with Gasteiger partial charge in [0.2, 0.25) is 0 Å². The molecule has 0 radical (unpaired) electrons. The van der Waals surface area contributed by atoms with Crippen LogP contribution in [-0.2, 0) is 4.79 Å². The van der Waals surface area contributed by atoms with Gasteiger partial charge in [0.15, 0.2) is 18.2 Å². The quantitative estimate of drug-likeness (QED) is 0.225. The molecule has 0 unspecified atom stereocenters. The fourth-order valence-corrected chi connectivity index (χ4v) is 4.00. The van der Waals surface area contributed by atoms with Gasteiger partial charge in [-0.1, -0.05) is 12.1 Å². The third-order valence-corrected chi connectivity index (χ3v) is 5.63. The SMILES string of the molecule is CC(C)NC(=O)COc1cccc(-c2nc(Nc3ccc(N)c(C=N)c3)c3sccc3n2)c1. The predicted molar refractivity (Wildman–Crippen MR) is 134 cm³/mol. The Kier molecular flexibility index (Phi) is 6.50. The number of nitrogens with two attached hydrogens (primary N) is 1. The molecule has 0 atom stereocenters. The van der Waals surface area contributed by atoms with Crippen molar-refractivity contribution >= 4 is 50.9 Å². The number of nitrogen functional groups attached to an aromatic ring is 1. The van der Waals surface area contributed by atoms with Crippen molar-refractivity contribution in [3.8, 4) is 17.1 Å². The van der Waals surface area contributed by atoms with E-state index in [4.69, 9.17) is 25.8 Å². The van der Waals surface area contributed by atoms with Crippen LogP contribution in [0.4, 0.5) is 17.2 Å². The highest BCUT2D eigenvalue weighted by molar-refractivity contribution is 7.17. The summed E-state index contributed by atoms with van der Waals surface area (Å²) in [6.45, 7) is 3.74. The number of aromatic nitrogens is 2. The van der Waals surface area contributed by atoms with E-state index < -0.39 is 0 Å². The van der Waals surface area contributed by atoms with Gasteiger partial charge in [-0.25, -0.2) is 9.97 Å². The molecule has 0 fully saturated rings. The number of benzene rings is 2. The Morgan fingerprint density at radius 3 is 2.85 bits per heavy atom. The van der Waals surface area contributed by atoms with Crippen LogP contribution >= 0.6 is 11.3 Å². The van der Waals surface area contributed by atoms with Crippen molar-refractivity contribution in [2.24, 2.45) is 0 Å². The number of ether oxygens (including phenoxy) is 1. The van der Waals surface area contributed by atoms with E-state index in [9.17, 15) is 4.79 Å². The molecule has 0 saturated carbocycles. The highest BCUT2D eigenvalue weighted by Gasteiger charge is 2.13. The Morgan fingerprint density at radius 2 is 2.06 bits per heavy atom. The van der Waals surface area contributed by atoms with Gasteiger partial charge in [0, 0.05) is 34.8 Å². The average Bonchev–Trinajstić information content (AvgIpc) is 3.28. The minimum atomic E-state index is -0.175. The molecule has 8 nitrogen and oxygen atoms in total. The van der Waals surface area contributed by atoms with Gasteiger partial charge in [-0.15, -0.1) is 11.3 Å². The van der Waals surface area contributed by atoms with Crippen molar-refractivity contribution in [2.45, 2.75) is 19.9 Å². The smallest absolute Gasteiger partial charge is 0.258 e. The number of nitrogens with zero attached hydrogens (tertiary/aromatic N) is 2. The van der Waals surface area contributed by atoms with Crippen LogP contribution in [0.1, 0.15) is 19.4 Å². The maximum Gasteiger partial charge on any atom is 0.258 e. The third-order valence-electron chi connectivity index (χ3n) is 4.72. The van der Waals surface area contributed by atoms with Crippen LogP contribution in [-0.4, -0.2) is 34.7 Å². The van der Waals surface area contributed by atoms with Gasteiger partial charge in [-0.3, -0.25) is 4.79 Å². The fourth-order valence-electron chi connectivity index (χ4n) is 3.23. The Bertz CT molecular complexity index is 1320. The topological polar surface area (TPSA) is 126 Å². The number of anilines is 3. The van der Waals surface area contributed by atoms with E-state index in [0.717, 1.165) is 21.5 Å². The van der Waals surface area contributed by atoms with Crippen molar-refractivity contribution in [1.82, 2.24) is 15.3 Å². The summed E-state index contributed by atoms with van der Waals surface area (Å²) in [6.07, 6.45) is 1.22. The average molecular weight is 461 g/mol. The highest BCUT2D eigenvalue weighted by Crippen LogP contribution is 2.32. The minimum Gasteiger partial charge on any atom is -0.484 e. The second-order valence-corrected chi connectivity index (χ2v) is 8.60. The van der Waals surface area contributed by atoms with E-state index >= 15 is 0 Å². The summed E-state index contributed by atoms with van der Waals surface area (Å²) in [5.74, 6) is 1.58. The summed E-state index contributed by atoms with van der Waals surface area (Å²) in [6, 6.07) is 14.8. The first-order chi connectivity index (χ1) is 15.9. The summed E-state index contributed by atoms with van der Waals surface area (Å²) in [5.41, 5.74) is 9.44. The molecule has 168 valence electrons. The van der Waals surface area contributed by atoms with Crippen LogP contribution in [0, 0.1) is 5.41 Å². The summed E-state index contributed by atoms with van der Waals surface area (Å²) in [7, 11) is 0. The standard InChI is InChI=1S/C24H24N6O2S/c1-14(2)27-21(31)13-32-18-5-3-4-15(11-18)23-29-20-8-9-33-22(20)24(30-23)28-17-6-7-19(26)16(10-17)12-25/h3-12,14,25H,13,26H2,1-2H3,(H,27,31)(H,28,29,30). The number of nitrogens with one attached hydrogen (secondary N) is 3. The maximum absolute atomic E-state index is 11.9. The number of carbonyl (C=O) groups excluding carboxylic acids is 1. The molecule has 0 bridgehead atoms. The van der Waals surface area contributed by atoms with Gasteiger partial charge < -0.3 is 26.5 Å². The van der Waals surface area contributed by atoms with Crippen molar-refractivity contribution in [1.29, 1.82) is 5.41 Å². The maximum atomic E-state index is 11.9. The molecule has 4 rings (SSSR count). The molecule has 1 amide bonds. The number of thiophene rings is 1.